The fourth-order valence-electron chi connectivity index (χ4n) is 2.33. The molecular weight excluding hydrogens is 305 g/mol. The van der Waals surface area contributed by atoms with Crippen molar-refractivity contribution in [1.82, 2.24) is 9.55 Å². The van der Waals surface area contributed by atoms with E-state index < -0.39 is 0 Å². The normalized spacial score (nSPS) is 11.0. The lowest BCUT2D eigenvalue weighted by Gasteiger charge is -2.11. The van der Waals surface area contributed by atoms with Gasteiger partial charge in [0.15, 0.2) is 0 Å². The number of hydrogen-bond donors (Lipinski definition) is 1. The highest BCUT2D eigenvalue weighted by Gasteiger charge is 2.11. The van der Waals surface area contributed by atoms with E-state index in [1.165, 1.54) is 22.8 Å². The lowest BCUT2D eigenvalue weighted by atomic mass is 10.2. The summed E-state index contributed by atoms with van der Waals surface area (Å²) in [6.07, 6.45) is 0. The van der Waals surface area contributed by atoms with Crippen LogP contribution in [0.3, 0.4) is 0 Å². The average molecular weight is 318 g/mol. The molecule has 3 rings (SSSR count). The van der Waals surface area contributed by atoms with Crippen molar-refractivity contribution in [2.45, 2.75) is 13.5 Å². The molecule has 0 aliphatic rings. The van der Waals surface area contributed by atoms with Crippen LogP contribution < -0.4 is 11.3 Å². The Labute approximate surface area is 131 Å². The van der Waals surface area contributed by atoms with Crippen LogP contribution in [0.15, 0.2) is 41.2 Å². The van der Waals surface area contributed by atoms with Crippen molar-refractivity contribution in [2.24, 2.45) is 0 Å². The van der Waals surface area contributed by atoms with Gasteiger partial charge in [-0.05, 0) is 36.8 Å². The molecule has 0 unspecified atom stereocenters. The molecule has 22 heavy (non-hydrogen) atoms. The van der Waals surface area contributed by atoms with Crippen LogP contribution in [0.5, 0.6) is 0 Å². The van der Waals surface area contributed by atoms with E-state index in [2.05, 4.69) is 4.98 Å². The van der Waals surface area contributed by atoms with Gasteiger partial charge in [-0.3, -0.25) is 9.36 Å². The highest BCUT2D eigenvalue weighted by atomic mass is 35.5. The zero-order chi connectivity index (χ0) is 15.9. The van der Waals surface area contributed by atoms with Crippen LogP contribution >= 0.6 is 11.6 Å². The van der Waals surface area contributed by atoms with E-state index in [9.17, 15) is 9.18 Å². The fraction of sp³-hybridized carbons (Fsp3) is 0.125. The zero-order valence-corrected chi connectivity index (χ0v) is 12.6. The predicted molar refractivity (Wildman–Crippen MR) is 85.7 cm³/mol. The monoisotopic (exact) mass is 317 g/mol. The second kappa shape index (κ2) is 5.42. The molecule has 0 saturated heterocycles. The Balaban J connectivity index is 2.15. The summed E-state index contributed by atoms with van der Waals surface area (Å²) < 4.78 is 14.5. The van der Waals surface area contributed by atoms with Crippen LogP contribution in [-0.4, -0.2) is 9.55 Å². The van der Waals surface area contributed by atoms with Crippen molar-refractivity contribution in [3.8, 4) is 0 Å². The number of nitrogen functional groups attached to an aromatic ring is 1. The van der Waals surface area contributed by atoms with Crippen molar-refractivity contribution >= 4 is 28.2 Å². The van der Waals surface area contributed by atoms with E-state index in [1.54, 1.807) is 25.1 Å². The first-order valence-corrected chi connectivity index (χ1v) is 7.04. The standard InChI is InChI=1S/C16H13ClFN3O/c1-9-20-15-7-13(17)14(19)6-12(15)16(22)21(9)8-10-2-4-11(18)5-3-10/h2-7H,8,19H2,1H3. The minimum absolute atomic E-state index is 0.199. The van der Waals surface area contributed by atoms with E-state index in [1.807, 2.05) is 0 Å². The van der Waals surface area contributed by atoms with E-state index >= 15 is 0 Å². The Morgan fingerprint density at radius 1 is 1.27 bits per heavy atom. The van der Waals surface area contributed by atoms with Gasteiger partial charge in [0.05, 0.1) is 28.2 Å². The molecule has 0 bridgehead atoms. The molecular formula is C16H13ClFN3O. The van der Waals surface area contributed by atoms with E-state index in [-0.39, 0.29) is 11.4 Å². The number of aryl methyl sites for hydroxylation is 1. The van der Waals surface area contributed by atoms with Crippen molar-refractivity contribution in [1.29, 1.82) is 0 Å². The molecule has 0 saturated carbocycles. The molecule has 1 aromatic heterocycles. The molecule has 112 valence electrons. The predicted octanol–water partition coefficient (Wildman–Crippen LogP) is 3.13. The molecule has 0 atom stereocenters. The number of nitrogens with zero attached hydrogens (tertiary/aromatic N) is 2. The van der Waals surface area contributed by atoms with Gasteiger partial charge >= 0.3 is 0 Å². The van der Waals surface area contributed by atoms with Crippen LogP contribution in [0, 0.1) is 12.7 Å². The van der Waals surface area contributed by atoms with E-state index in [0.29, 0.717) is 34.0 Å². The van der Waals surface area contributed by atoms with Crippen LogP contribution in [0.2, 0.25) is 5.02 Å². The summed E-state index contributed by atoms with van der Waals surface area (Å²) in [5, 5.41) is 0.782. The third kappa shape index (κ3) is 2.55. The molecule has 1 heterocycles. The average Bonchev–Trinajstić information content (AvgIpc) is 2.48. The lowest BCUT2D eigenvalue weighted by Crippen LogP contribution is -2.24. The van der Waals surface area contributed by atoms with Crippen molar-refractivity contribution in [2.75, 3.05) is 5.73 Å². The van der Waals surface area contributed by atoms with E-state index in [0.717, 1.165) is 5.56 Å². The van der Waals surface area contributed by atoms with Crippen molar-refractivity contribution < 1.29 is 4.39 Å². The number of fused-ring (bicyclic) bond motifs is 1. The van der Waals surface area contributed by atoms with E-state index in [4.69, 9.17) is 17.3 Å². The van der Waals surface area contributed by atoms with Gasteiger partial charge in [-0.15, -0.1) is 0 Å². The van der Waals surface area contributed by atoms with Gasteiger partial charge < -0.3 is 5.73 Å². The summed E-state index contributed by atoms with van der Waals surface area (Å²) in [5.41, 5.74) is 7.23. The van der Waals surface area contributed by atoms with Gasteiger partial charge in [0.2, 0.25) is 0 Å². The number of aromatic nitrogens is 2. The van der Waals surface area contributed by atoms with Gasteiger partial charge in [-0.2, -0.15) is 0 Å². The summed E-state index contributed by atoms with van der Waals surface area (Å²) in [7, 11) is 0. The highest BCUT2D eigenvalue weighted by Crippen LogP contribution is 2.23. The van der Waals surface area contributed by atoms with Gasteiger partial charge in [-0.1, -0.05) is 23.7 Å². The van der Waals surface area contributed by atoms with Crippen LogP contribution in [-0.2, 0) is 6.54 Å². The first-order valence-electron chi connectivity index (χ1n) is 6.66. The minimum Gasteiger partial charge on any atom is -0.398 e. The van der Waals surface area contributed by atoms with Crippen molar-refractivity contribution in [3.63, 3.8) is 0 Å². The zero-order valence-electron chi connectivity index (χ0n) is 11.8. The lowest BCUT2D eigenvalue weighted by molar-refractivity contribution is 0.625. The smallest absolute Gasteiger partial charge is 0.261 e. The van der Waals surface area contributed by atoms with Crippen LogP contribution in [0.1, 0.15) is 11.4 Å². The Bertz CT molecular complexity index is 919. The summed E-state index contributed by atoms with van der Waals surface area (Å²) in [4.78, 5) is 17.0. The number of benzene rings is 2. The Hall–Kier alpha value is -2.40. The molecule has 0 fully saturated rings. The first kappa shape index (κ1) is 14.5. The molecule has 0 radical (unpaired) electrons. The third-order valence-corrected chi connectivity index (χ3v) is 3.84. The second-order valence-corrected chi connectivity index (χ2v) is 5.47. The van der Waals surface area contributed by atoms with Gasteiger partial charge in [0.25, 0.3) is 5.56 Å². The molecule has 0 aliphatic carbocycles. The number of rotatable bonds is 2. The summed E-state index contributed by atoms with van der Waals surface area (Å²) >= 11 is 5.97. The maximum Gasteiger partial charge on any atom is 0.261 e. The van der Waals surface area contributed by atoms with Gasteiger partial charge in [0.1, 0.15) is 11.6 Å². The van der Waals surface area contributed by atoms with Crippen LogP contribution in [0.4, 0.5) is 10.1 Å². The SMILES string of the molecule is Cc1nc2cc(Cl)c(N)cc2c(=O)n1Cc1ccc(F)cc1. The Morgan fingerprint density at radius 2 is 1.95 bits per heavy atom. The highest BCUT2D eigenvalue weighted by molar-refractivity contribution is 6.33. The molecule has 2 N–H and O–H groups in total. The largest absolute Gasteiger partial charge is 0.398 e. The second-order valence-electron chi connectivity index (χ2n) is 5.07. The third-order valence-electron chi connectivity index (χ3n) is 3.52. The molecule has 4 nitrogen and oxygen atoms in total. The Morgan fingerprint density at radius 3 is 2.64 bits per heavy atom. The summed E-state index contributed by atoms with van der Waals surface area (Å²) in [6, 6.07) is 9.13. The molecule has 2 aromatic carbocycles. The number of halogens is 2. The Kier molecular flexibility index (Phi) is 3.58. The minimum atomic E-state index is -0.313. The van der Waals surface area contributed by atoms with Gasteiger partial charge in [0, 0.05) is 0 Å². The topological polar surface area (TPSA) is 60.9 Å². The molecule has 0 spiro atoms. The van der Waals surface area contributed by atoms with Crippen LogP contribution in [0.25, 0.3) is 10.9 Å². The summed E-state index contributed by atoms with van der Waals surface area (Å²) in [6.45, 7) is 2.06. The quantitative estimate of drug-likeness (QED) is 0.739. The number of anilines is 1. The van der Waals surface area contributed by atoms with Gasteiger partial charge in [-0.25, -0.2) is 9.37 Å². The molecule has 6 heteroatoms. The maximum atomic E-state index is 13.0. The first-order chi connectivity index (χ1) is 10.5. The van der Waals surface area contributed by atoms with Crippen molar-refractivity contribution in [3.05, 3.63) is 69.0 Å². The molecule has 3 aromatic rings. The number of hydrogen-bond acceptors (Lipinski definition) is 3. The molecule has 0 aliphatic heterocycles. The fourth-order valence-corrected chi connectivity index (χ4v) is 2.49. The maximum absolute atomic E-state index is 13.0. The summed E-state index contributed by atoms with van der Waals surface area (Å²) in [5.74, 6) is 0.245. The molecule has 0 amide bonds. The number of nitrogens with two attached hydrogens (primary N) is 1.